The maximum absolute atomic E-state index is 12.9. The molecular weight excluding hydrogens is 331 g/mol. The van der Waals surface area contributed by atoms with E-state index >= 15 is 0 Å². The minimum Gasteiger partial charge on any atom is -0.362 e. The molecule has 0 saturated heterocycles. The Morgan fingerprint density at radius 3 is 2.65 bits per heavy atom. The van der Waals surface area contributed by atoms with Gasteiger partial charge in [0.25, 0.3) is 5.82 Å². The first-order chi connectivity index (χ1) is 10.8. The van der Waals surface area contributed by atoms with Gasteiger partial charge in [0.15, 0.2) is 5.65 Å². The average molecular weight is 342 g/mol. The molecule has 1 aromatic carbocycles. The van der Waals surface area contributed by atoms with Crippen molar-refractivity contribution < 1.29 is 13.2 Å². The van der Waals surface area contributed by atoms with Crippen LogP contribution in [-0.2, 0) is 6.18 Å². The lowest BCUT2D eigenvalue weighted by atomic mass is 10.1. The van der Waals surface area contributed by atoms with Crippen LogP contribution < -0.4 is 5.32 Å². The van der Waals surface area contributed by atoms with Crippen LogP contribution in [0, 0.1) is 0 Å². The van der Waals surface area contributed by atoms with E-state index < -0.39 is 12.0 Å². The molecule has 0 aliphatic carbocycles. The highest BCUT2D eigenvalue weighted by molar-refractivity contribution is 6.30. The van der Waals surface area contributed by atoms with E-state index in [2.05, 4.69) is 20.6 Å². The quantitative estimate of drug-likeness (QED) is 0.783. The number of alkyl halides is 3. The first-order valence-corrected chi connectivity index (χ1v) is 7.04. The number of hydrogen-bond donors (Lipinski definition) is 1. The molecule has 0 bridgehead atoms. The van der Waals surface area contributed by atoms with E-state index in [4.69, 9.17) is 11.6 Å². The van der Waals surface area contributed by atoms with Crippen LogP contribution in [0.2, 0.25) is 5.02 Å². The fourth-order valence-corrected chi connectivity index (χ4v) is 2.32. The van der Waals surface area contributed by atoms with Gasteiger partial charge in [-0.1, -0.05) is 23.7 Å². The van der Waals surface area contributed by atoms with Gasteiger partial charge in [-0.25, -0.2) is 0 Å². The zero-order chi connectivity index (χ0) is 16.6. The molecular formula is C14H11ClF3N5. The number of anilines is 1. The molecule has 0 fully saturated rings. The Labute approximate surface area is 134 Å². The van der Waals surface area contributed by atoms with E-state index in [1.54, 1.807) is 24.3 Å². The fraction of sp³-hybridized carbons (Fsp3) is 0.214. The van der Waals surface area contributed by atoms with Gasteiger partial charge in [0, 0.05) is 5.02 Å². The van der Waals surface area contributed by atoms with Crippen LogP contribution in [0.3, 0.4) is 0 Å². The molecule has 3 rings (SSSR count). The van der Waals surface area contributed by atoms with Crippen molar-refractivity contribution in [3.63, 3.8) is 0 Å². The van der Waals surface area contributed by atoms with Crippen LogP contribution in [0.25, 0.3) is 5.65 Å². The highest BCUT2D eigenvalue weighted by atomic mass is 35.5. The molecule has 0 aliphatic heterocycles. The summed E-state index contributed by atoms with van der Waals surface area (Å²) in [5.74, 6) is -0.887. The monoisotopic (exact) mass is 341 g/mol. The van der Waals surface area contributed by atoms with Gasteiger partial charge in [-0.05, 0) is 36.8 Å². The van der Waals surface area contributed by atoms with Gasteiger partial charge in [-0.3, -0.25) is 0 Å². The number of aromatic nitrogens is 4. The van der Waals surface area contributed by atoms with Crippen LogP contribution in [0.15, 0.2) is 36.4 Å². The maximum atomic E-state index is 12.9. The first kappa shape index (κ1) is 15.5. The van der Waals surface area contributed by atoms with E-state index in [-0.39, 0.29) is 17.5 Å². The van der Waals surface area contributed by atoms with E-state index in [0.717, 1.165) is 5.56 Å². The zero-order valence-corrected chi connectivity index (χ0v) is 12.6. The number of nitrogens with zero attached hydrogens (tertiary/aromatic N) is 4. The Bertz CT molecular complexity index is 846. The second-order valence-electron chi connectivity index (χ2n) is 4.93. The maximum Gasteiger partial charge on any atom is 0.453 e. The van der Waals surface area contributed by atoms with Crippen molar-refractivity contribution in [1.29, 1.82) is 0 Å². The van der Waals surface area contributed by atoms with E-state index in [1.807, 2.05) is 13.0 Å². The summed E-state index contributed by atoms with van der Waals surface area (Å²) in [5, 5.41) is 14.1. The Balaban J connectivity index is 1.91. The van der Waals surface area contributed by atoms with Crippen molar-refractivity contribution in [3.8, 4) is 0 Å². The van der Waals surface area contributed by atoms with Crippen molar-refractivity contribution in [2.45, 2.75) is 19.1 Å². The molecule has 1 unspecified atom stereocenters. The summed E-state index contributed by atoms with van der Waals surface area (Å²) in [5.41, 5.74) is 0.914. The fourth-order valence-electron chi connectivity index (χ4n) is 2.12. The molecule has 120 valence electrons. The lowest BCUT2D eigenvalue weighted by Gasteiger charge is -2.15. The molecule has 0 radical (unpaired) electrons. The first-order valence-electron chi connectivity index (χ1n) is 6.66. The van der Waals surface area contributed by atoms with Crippen molar-refractivity contribution in [2.24, 2.45) is 0 Å². The standard InChI is InChI=1S/C14H11ClF3N5/c1-8(9-3-2-4-10(15)7-9)19-11-5-6-12-20-21-13(14(16,17)18)23(12)22-11/h2-8H,1H3,(H,19,22). The number of fused-ring (bicyclic) bond motifs is 1. The van der Waals surface area contributed by atoms with Crippen molar-refractivity contribution >= 4 is 23.1 Å². The normalized spacial score (nSPS) is 13.3. The topological polar surface area (TPSA) is 55.1 Å². The Kier molecular flexibility index (Phi) is 3.85. The molecule has 0 saturated carbocycles. The smallest absolute Gasteiger partial charge is 0.362 e. The van der Waals surface area contributed by atoms with Crippen molar-refractivity contribution in [2.75, 3.05) is 5.32 Å². The third kappa shape index (κ3) is 3.21. The van der Waals surface area contributed by atoms with E-state index in [0.29, 0.717) is 9.54 Å². The number of halogens is 4. The third-order valence-electron chi connectivity index (χ3n) is 3.23. The number of hydrogen-bond acceptors (Lipinski definition) is 4. The minimum atomic E-state index is -4.62. The molecule has 0 aliphatic rings. The SMILES string of the molecule is CC(Nc1ccc2nnc(C(F)(F)F)n2n1)c1cccc(Cl)c1. The molecule has 9 heteroatoms. The lowest BCUT2D eigenvalue weighted by Crippen LogP contribution is -2.14. The van der Waals surface area contributed by atoms with Crippen LogP contribution in [0.5, 0.6) is 0 Å². The van der Waals surface area contributed by atoms with Gasteiger partial charge in [-0.2, -0.15) is 17.7 Å². The number of rotatable bonds is 3. The van der Waals surface area contributed by atoms with Crippen LogP contribution in [-0.4, -0.2) is 19.8 Å². The average Bonchev–Trinajstić information content (AvgIpc) is 2.90. The molecule has 0 amide bonds. The predicted octanol–water partition coefficient (Wildman–Crippen LogP) is 3.97. The summed E-state index contributed by atoms with van der Waals surface area (Å²) < 4.78 is 39.2. The highest BCUT2D eigenvalue weighted by Gasteiger charge is 2.37. The zero-order valence-electron chi connectivity index (χ0n) is 11.8. The van der Waals surface area contributed by atoms with Gasteiger partial charge >= 0.3 is 6.18 Å². The molecule has 23 heavy (non-hydrogen) atoms. The van der Waals surface area contributed by atoms with Crippen molar-refractivity contribution in [1.82, 2.24) is 19.8 Å². The molecule has 0 spiro atoms. The van der Waals surface area contributed by atoms with Crippen molar-refractivity contribution in [3.05, 3.63) is 52.8 Å². The predicted molar refractivity (Wildman–Crippen MR) is 79.3 cm³/mol. The second kappa shape index (κ2) is 5.69. The second-order valence-corrected chi connectivity index (χ2v) is 5.37. The van der Waals surface area contributed by atoms with Gasteiger partial charge in [0.1, 0.15) is 5.82 Å². The molecule has 5 nitrogen and oxygen atoms in total. The van der Waals surface area contributed by atoms with Gasteiger partial charge in [0.05, 0.1) is 6.04 Å². The van der Waals surface area contributed by atoms with Crippen LogP contribution >= 0.6 is 11.6 Å². The van der Waals surface area contributed by atoms with Crippen LogP contribution in [0.1, 0.15) is 24.4 Å². The molecule has 3 aromatic rings. The molecule has 2 aromatic heterocycles. The largest absolute Gasteiger partial charge is 0.453 e. The molecule has 1 N–H and O–H groups in total. The summed E-state index contributed by atoms with van der Waals surface area (Å²) in [7, 11) is 0. The molecule has 2 heterocycles. The van der Waals surface area contributed by atoms with E-state index in [9.17, 15) is 13.2 Å². The van der Waals surface area contributed by atoms with E-state index in [1.165, 1.54) is 6.07 Å². The molecule has 1 atom stereocenters. The van der Waals surface area contributed by atoms with Gasteiger partial charge in [0.2, 0.25) is 0 Å². The number of nitrogens with one attached hydrogen (secondary N) is 1. The Hall–Kier alpha value is -2.35. The lowest BCUT2D eigenvalue weighted by molar-refractivity contribution is -0.146. The summed E-state index contributed by atoms with van der Waals surface area (Å²) in [6.45, 7) is 1.86. The summed E-state index contributed by atoms with van der Waals surface area (Å²) >= 11 is 5.94. The Morgan fingerprint density at radius 2 is 1.96 bits per heavy atom. The highest BCUT2D eigenvalue weighted by Crippen LogP contribution is 2.28. The van der Waals surface area contributed by atoms with Gasteiger partial charge in [-0.15, -0.1) is 15.3 Å². The summed E-state index contributed by atoms with van der Waals surface area (Å²) in [6, 6.07) is 9.96. The van der Waals surface area contributed by atoms with Crippen LogP contribution in [0.4, 0.5) is 19.0 Å². The summed E-state index contributed by atoms with van der Waals surface area (Å²) in [6.07, 6.45) is -4.62. The third-order valence-corrected chi connectivity index (χ3v) is 3.46. The Morgan fingerprint density at radius 1 is 1.17 bits per heavy atom. The minimum absolute atomic E-state index is 0.0262. The number of benzene rings is 1. The van der Waals surface area contributed by atoms with Gasteiger partial charge < -0.3 is 5.32 Å². The summed E-state index contributed by atoms with van der Waals surface area (Å²) in [4.78, 5) is 0.